The van der Waals surface area contributed by atoms with Gasteiger partial charge < -0.3 is 9.47 Å². The highest BCUT2D eigenvalue weighted by molar-refractivity contribution is 6.02. The van der Waals surface area contributed by atoms with Crippen LogP contribution < -0.4 is 14.9 Å². The largest absolute Gasteiger partial charge is 0.497 e. The fourth-order valence-electron chi connectivity index (χ4n) is 2.46. The number of rotatable bonds is 5. The number of carbonyl (C=O) groups is 1. The van der Waals surface area contributed by atoms with Crippen LogP contribution in [0.2, 0.25) is 0 Å². The Morgan fingerprint density at radius 1 is 1.00 bits per heavy atom. The van der Waals surface area contributed by atoms with Crippen molar-refractivity contribution < 1.29 is 14.3 Å². The Labute approximate surface area is 142 Å². The summed E-state index contributed by atoms with van der Waals surface area (Å²) in [7, 11) is 3.07. The van der Waals surface area contributed by atoms with Gasteiger partial charge in [0.2, 0.25) is 0 Å². The number of carbonyl (C=O) groups excluding carboxylic acids is 1. The highest BCUT2D eigenvalue weighted by atomic mass is 16.5. The summed E-state index contributed by atoms with van der Waals surface area (Å²) < 4.78 is 10.4. The van der Waals surface area contributed by atoms with Gasteiger partial charge in [-0.05, 0) is 38.5 Å². The van der Waals surface area contributed by atoms with Crippen molar-refractivity contribution in [2.45, 2.75) is 20.8 Å². The second-order valence-electron chi connectivity index (χ2n) is 5.52. The van der Waals surface area contributed by atoms with Crippen molar-refractivity contribution in [2.75, 3.05) is 14.2 Å². The van der Waals surface area contributed by atoms with Crippen LogP contribution in [0.4, 0.5) is 0 Å². The maximum atomic E-state index is 12.4. The number of hydrogen-bond donors (Lipinski definition) is 1. The van der Waals surface area contributed by atoms with Crippen LogP contribution in [-0.4, -0.2) is 25.8 Å². The second kappa shape index (κ2) is 7.64. The van der Waals surface area contributed by atoms with Crippen molar-refractivity contribution in [3.63, 3.8) is 0 Å². The minimum Gasteiger partial charge on any atom is -0.497 e. The second-order valence-corrected chi connectivity index (χ2v) is 5.52. The Bertz CT molecular complexity index is 782. The standard InChI is InChI=1S/C19H22N2O3/c1-12-6-8-16(13(2)10-12)14(3)20-21-19(22)17-9-7-15(23-4)11-18(17)24-5/h6-11H,1-5H3,(H,21,22)/b20-14-. The molecule has 0 saturated heterocycles. The molecule has 0 bridgehead atoms. The molecule has 2 rings (SSSR count). The van der Waals surface area contributed by atoms with Crippen LogP contribution in [0.1, 0.15) is 34.0 Å². The number of aryl methyl sites for hydroxylation is 2. The fourth-order valence-corrected chi connectivity index (χ4v) is 2.46. The SMILES string of the molecule is COc1ccc(C(=O)N/N=C(/C)c2ccc(C)cc2C)c(OC)c1. The lowest BCUT2D eigenvalue weighted by Gasteiger charge is -2.10. The van der Waals surface area contributed by atoms with Crippen LogP contribution >= 0.6 is 0 Å². The number of benzene rings is 2. The third-order valence-electron chi connectivity index (χ3n) is 3.75. The smallest absolute Gasteiger partial charge is 0.275 e. The molecular formula is C19H22N2O3. The van der Waals surface area contributed by atoms with Gasteiger partial charge in [-0.1, -0.05) is 23.8 Å². The van der Waals surface area contributed by atoms with Gasteiger partial charge in [-0.25, -0.2) is 5.43 Å². The molecular weight excluding hydrogens is 304 g/mol. The Balaban J connectivity index is 2.20. The molecule has 0 spiro atoms. The van der Waals surface area contributed by atoms with Crippen LogP contribution in [-0.2, 0) is 0 Å². The summed E-state index contributed by atoms with van der Waals surface area (Å²) >= 11 is 0. The zero-order valence-electron chi connectivity index (χ0n) is 14.6. The van der Waals surface area contributed by atoms with Gasteiger partial charge in [-0.2, -0.15) is 5.10 Å². The number of methoxy groups -OCH3 is 2. The monoisotopic (exact) mass is 326 g/mol. The highest BCUT2D eigenvalue weighted by Gasteiger charge is 2.13. The van der Waals surface area contributed by atoms with Crippen LogP contribution in [0.25, 0.3) is 0 Å². The van der Waals surface area contributed by atoms with Crippen LogP contribution in [0, 0.1) is 13.8 Å². The predicted molar refractivity (Wildman–Crippen MR) is 95.1 cm³/mol. The molecule has 0 saturated carbocycles. The first kappa shape index (κ1) is 17.5. The lowest BCUT2D eigenvalue weighted by atomic mass is 10.0. The van der Waals surface area contributed by atoms with E-state index in [2.05, 4.69) is 16.6 Å². The van der Waals surface area contributed by atoms with E-state index < -0.39 is 0 Å². The average molecular weight is 326 g/mol. The topological polar surface area (TPSA) is 59.9 Å². The molecule has 0 aromatic heterocycles. The van der Waals surface area contributed by atoms with E-state index in [0.717, 1.165) is 16.8 Å². The van der Waals surface area contributed by atoms with Gasteiger partial charge in [0.1, 0.15) is 11.5 Å². The van der Waals surface area contributed by atoms with Gasteiger partial charge in [-0.15, -0.1) is 0 Å². The van der Waals surface area contributed by atoms with Crippen LogP contribution in [0.15, 0.2) is 41.5 Å². The summed E-state index contributed by atoms with van der Waals surface area (Å²) in [5.41, 5.74) is 7.03. The first-order valence-electron chi connectivity index (χ1n) is 7.60. The molecule has 0 radical (unpaired) electrons. The summed E-state index contributed by atoms with van der Waals surface area (Å²) in [4.78, 5) is 12.4. The van der Waals surface area contributed by atoms with Crippen LogP contribution in [0.5, 0.6) is 11.5 Å². The first-order valence-corrected chi connectivity index (χ1v) is 7.60. The molecule has 0 atom stereocenters. The van der Waals surface area contributed by atoms with Crippen LogP contribution in [0.3, 0.4) is 0 Å². The Morgan fingerprint density at radius 2 is 1.71 bits per heavy atom. The fraction of sp³-hybridized carbons (Fsp3) is 0.263. The molecule has 0 aliphatic carbocycles. The summed E-state index contributed by atoms with van der Waals surface area (Å²) in [6.45, 7) is 5.93. The summed E-state index contributed by atoms with van der Waals surface area (Å²) in [6.07, 6.45) is 0. The number of hydrogen-bond acceptors (Lipinski definition) is 4. The molecule has 5 nitrogen and oxygen atoms in total. The number of nitrogens with one attached hydrogen (secondary N) is 1. The van der Waals surface area contributed by atoms with Crippen molar-refractivity contribution in [3.05, 3.63) is 58.7 Å². The maximum absolute atomic E-state index is 12.4. The summed E-state index contributed by atoms with van der Waals surface area (Å²) in [5.74, 6) is 0.725. The van der Waals surface area contributed by atoms with Gasteiger partial charge in [-0.3, -0.25) is 4.79 Å². The quantitative estimate of drug-likeness (QED) is 0.676. The molecule has 5 heteroatoms. The summed E-state index contributed by atoms with van der Waals surface area (Å²) in [5, 5.41) is 4.21. The zero-order chi connectivity index (χ0) is 17.7. The van der Waals surface area contributed by atoms with Crippen molar-refractivity contribution in [1.82, 2.24) is 5.43 Å². The molecule has 0 fully saturated rings. The van der Waals surface area contributed by atoms with Gasteiger partial charge in [0, 0.05) is 11.6 Å². The lowest BCUT2D eigenvalue weighted by Crippen LogP contribution is -2.20. The number of hydrazone groups is 1. The third-order valence-corrected chi connectivity index (χ3v) is 3.75. The Kier molecular flexibility index (Phi) is 5.58. The zero-order valence-corrected chi connectivity index (χ0v) is 14.6. The average Bonchev–Trinajstić information content (AvgIpc) is 2.58. The van der Waals surface area contributed by atoms with Crippen molar-refractivity contribution in [3.8, 4) is 11.5 Å². The highest BCUT2D eigenvalue weighted by Crippen LogP contribution is 2.24. The minimum absolute atomic E-state index is 0.335. The Hall–Kier alpha value is -2.82. The number of ether oxygens (including phenoxy) is 2. The normalized spacial score (nSPS) is 11.1. The van der Waals surface area contributed by atoms with E-state index in [1.165, 1.54) is 12.7 Å². The van der Waals surface area contributed by atoms with Gasteiger partial charge in [0.15, 0.2) is 0 Å². The molecule has 0 aliphatic heterocycles. The third kappa shape index (κ3) is 3.93. The molecule has 24 heavy (non-hydrogen) atoms. The van der Waals surface area contributed by atoms with E-state index in [1.54, 1.807) is 25.3 Å². The van der Waals surface area contributed by atoms with Crippen molar-refractivity contribution >= 4 is 11.6 Å². The molecule has 0 heterocycles. The summed E-state index contributed by atoms with van der Waals surface area (Å²) in [6, 6.07) is 11.1. The van der Waals surface area contributed by atoms with Gasteiger partial charge >= 0.3 is 0 Å². The van der Waals surface area contributed by atoms with E-state index in [4.69, 9.17) is 9.47 Å². The van der Waals surface area contributed by atoms with E-state index in [0.29, 0.717) is 17.1 Å². The number of amides is 1. The lowest BCUT2D eigenvalue weighted by molar-refractivity contribution is 0.0951. The molecule has 0 unspecified atom stereocenters. The molecule has 0 aliphatic rings. The Morgan fingerprint density at radius 3 is 2.33 bits per heavy atom. The molecule has 1 amide bonds. The number of nitrogens with zero attached hydrogens (tertiary/aromatic N) is 1. The van der Waals surface area contributed by atoms with Gasteiger partial charge in [0.05, 0.1) is 25.5 Å². The first-order chi connectivity index (χ1) is 11.5. The van der Waals surface area contributed by atoms with E-state index in [9.17, 15) is 4.79 Å². The van der Waals surface area contributed by atoms with Crippen molar-refractivity contribution in [2.24, 2.45) is 5.10 Å². The molecule has 126 valence electrons. The molecule has 2 aromatic carbocycles. The maximum Gasteiger partial charge on any atom is 0.275 e. The molecule has 2 aromatic rings. The van der Waals surface area contributed by atoms with E-state index in [1.807, 2.05) is 32.9 Å². The predicted octanol–water partition coefficient (Wildman–Crippen LogP) is 3.47. The molecule has 1 N–H and O–H groups in total. The van der Waals surface area contributed by atoms with E-state index >= 15 is 0 Å². The van der Waals surface area contributed by atoms with Crippen molar-refractivity contribution in [1.29, 1.82) is 0 Å². The minimum atomic E-state index is -0.335. The van der Waals surface area contributed by atoms with E-state index in [-0.39, 0.29) is 5.91 Å². The van der Waals surface area contributed by atoms with Gasteiger partial charge in [0.25, 0.3) is 5.91 Å².